The highest BCUT2D eigenvalue weighted by Gasteiger charge is 2.35. The van der Waals surface area contributed by atoms with Crippen molar-refractivity contribution in [1.29, 1.82) is 0 Å². The van der Waals surface area contributed by atoms with Crippen molar-refractivity contribution in [1.82, 2.24) is 10.6 Å². The van der Waals surface area contributed by atoms with E-state index in [2.05, 4.69) is 55.7 Å². The van der Waals surface area contributed by atoms with Crippen molar-refractivity contribution in [3.8, 4) is 23.0 Å². The van der Waals surface area contributed by atoms with Crippen LogP contribution in [0.5, 0.6) is 23.0 Å². The van der Waals surface area contributed by atoms with Gasteiger partial charge in [-0.2, -0.15) is 0 Å². The molecule has 0 aliphatic heterocycles. The lowest BCUT2D eigenvalue weighted by molar-refractivity contribution is 0.263. The zero-order valence-electron chi connectivity index (χ0n) is 22.8. The Labute approximate surface area is 212 Å². The van der Waals surface area contributed by atoms with Crippen LogP contribution >= 0.6 is 0 Å². The van der Waals surface area contributed by atoms with Gasteiger partial charge in [-0.05, 0) is 86.6 Å². The molecule has 0 aromatic heterocycles. The SMILES string of the molecule is CCNCC(CCCNCCCc1ccc(OC)c(OC)c1)(c1ccc(OC)c(OC)c1)C(C)C. The molecule has 6 heteroatoms. The second-order valence-corrected chi connectivity index (χ2v) is 9.31. The Morgan fingerprint density at radius 2 is 1.34 bits per heavy atom. The van der Waals surface area contributed by atoms with Crippen LogP contribution in [0.15, 0.2) is 36.4 Å². The van der Waals surface area contributed by atoms with E-state index in [-0.39, 0.29) is 5.41 Å². The summed E-state index contributed by atoms with van der Waals surface area (Å²) in [7, 11) is 6.73. The largest absolute Gasteiger partial charge is 0.493 e. The molecule has 0 radical (unpaired) electrons. The van der Waals surface area contributed by atoms with Gasteiger partial charge in [-0.15, -0.1) is 0 Å². The van der Waals surface area contributed by atoms with Crippen molar-refractivity contribution in [2.45, 2.75) is 51.9 Å². The normalized spacial score (nSPS) is 12.9. The Bertz CT molecular complexity index is 887. The third-order valence-corrected chi connectivity index (χ3v) is 7.00. The molecule has 0 amide bonds. The van der Waals surface area contributed by atoms with Gasteiger partial charge in [-0.3, -0.25) is 0 Å². The minimum absolute atomic E-state index is 0.0247. The summed E-state index contributed by atoms with van der Waals surface area (Å²) in [6.07, 6.45) is 4.29. The fourth-order valence-electron chi connectivity index (χ4n) is 4.76. The third-order valence-electron chi connectivity index (χ3n) is 7.00. The summed E-state index contributed by atoms with van der Waals surface area (Å²) in [5.41, 5.74) is 2.60. The molecule has 2 N–H and O–H groups in total. The predicted molar refractivity (Wildman–Crippen MR) is 145 cm³/mol. The summed E-state index contributed by atoms with van der Waals surface area (Å²) in [5, 5.41) is 7.27. The molecule has 0 bridgehead atoms. The van der Waals surface area contributed by atoms with Gasteiger partial charge in [0, 0.05) is 12.0 Å². The first-order valence-electron chi connectivity index (χ1n) is 12.8. The Balaban J connectivity index is 1.95. The van der Waals surface area contributed by atoms with Gasteiger partial charge in [0.05, 0.1) is 28.4 Å². The van der Waals surface area contributed by atoms with E-state index >= 15 is 0 Å². The standard InChI is InChI=1S/C29H46N2O4/c1-8-30-21-29(22(2)3,24-13-15-26(33-5)28(20-24)35-7)16-10-18-31-17-9-11-23-12-14-25(32-4)27(19-23)34-6/h12-15,19-20,22,30-31H,8-11,16-18,21H2,1-7H3. The van der Waals surface area contributed by atoms with Crippen molar-refractivity contribution < 1.29 is 18.9 Å². The highest BCUT2D eigenvalue weighted by atomic mass is 16.5. The molecule has 0 heterocycles. The maximum atomic E-state index is 5.62. The summed E-state index contributed by atoms with van der Waals surface area (Å²) in [5.74, 6) is 3.60. The molecule has 0 saturated carbocycles. The third kappa shape index (κ3) is 7.77. The van der Waals surface area contributed by atoms with Gasteiger partial charge >= 0.3 is 0 Å². The molecule has 2 rings (SSSR count). The van der Waals surface area contributed by atoms with E-state index in [1.165, 1.54) is 11.1 Å². The van der Waals surface area contributed by atoms with E-state index in [0.717, 1.165) is 74.9 Å². The fraction of sp³-hybridized carbons (Fsp3) is 0.586. The molecule has 1 atom stereocenters. The Hall–Kier alpha value is -2.44. The van der Waals surface area contributed by atoms with E-state index in [9.17, 15) is 0 Å². The highest BCUT2D eigenvalue weighted by Crippen LogP contribution is 2.40. The molecule has 0 spiro atoms. The Morgan fingerprint density at radius 3 is 1.94 bits per heavy atom. The summed E-state index contributed by atoms with van der Waals surface area (Å²) < 4.78 is 21.8. The zero-order chi connectivity index (χ0) is 25.7. The first-order valence-corrected chi connectivity index (χ1v) is 12.8. The summed E-state index contributed by atoms with van der Waals surface area (Å²) in [6.45, 7) is 10.7. The van der Waals surface area contributed by atoms with E-state index in [1.807, 2.05) is 12.1 Å². The molecule has 0 aliphatic rings. The van der Waals surface area contributed by atoms with Gasteiger partial charge in [0.15, 0.2) is 23.0 Å². The lowest BCUT2D eigenvalue weighted by Crippen LogP contribution is -2.43. The highest BCUT2D eigenvalue weighted by molar-refractivity contribution is 5.46. The first-order chi connectivity index (χ1) is 16.9. The van der Waals surface area contributed by atoms with Crippen LogP contribution in [-0.2, 0) is 11.8 Å². The maximum Gasteiger partial charge on any atom is 0.161 e. The number of nitrogens with one attached hydrogen (secondary N) is 2. The van der Waals surface area contributed by atoms with Gasteiger partial charge in [-0.25, -0.2) is 0 Å². The fourth-order valence-corrected chi connectivity index (χ4v) is 4.76. The molecule has 0 saturated heterocycles. The Morgan fingerprint density at radius 1 is 0.743 bits per heavy atom. The maximum absolute atomic E-state index is 5.62. The van der Waals surface area contributed by atoms with E-state index in [0.29, 0.717) is 5.92 Å². The molecule has 1 unspecified atom stereocenters. The average Bonchev–Trinajstić information content (AvgIpc) is 2.89. The minimum Gasteiger partial charge on any atom is -0.493 e. The van der Waals surface area contributed by atoms with Gasteiger partial charge in [0.1, 0.15) is 0 Å². The number of ether oxygens (including phenoxy) is 4. The number of methoxy groups -OCH3 is 4. The van der Waals surface area contributed by atoms with Crippen LogP contribution in [0.3, 0.4) is 0 Å². The summed E-state index contributed by atoms with van der Waals surface area (Å²) in [4.78, 5) is 0. The van der Waals surface area contributed by atoms with Crippen LogP contribution < -0.4 is 29.6 Å². The number of hydrogen-bond donors (Lipinski definition) is 2. The van der Waals surface area contributed by atoms with Gasteiger partial charge < -0.3 is 29.6 Å². The molecular weight excluding hydrogens is 440 g/mol. The Kier molecular flexibility index (Phi) is 12.2. The summed E-state index contributed by atoms with van der Waals surface area (Å²) in [6, 6.07) is 12.6. The molecule has 196 valence electrons. The molecular formula is C29H46N2O4. The van der Waals surface area contributed by atoms with Crippen LogP contribution in [0.1, 0.15) is 51.2 Å². The molecule has 0 fully saturated rings. The van der Waals surface area contributed by atoms with Crippen LogP contribution in [0, 0.1) is 5.92 Å². The first kappa shape index (κ1) is 28.8. The average molecular weight is 487 g/mol. The molecule has 6 nitrogen and oxygen atoms in total. The van der Waals surface area contributed by atoms with Gasteiger partial charge in [-0.1, -0.05) is 32.9 Å². The van der Waals surface area contributed by atoms with E-state index in [1.54, 1.807) is 28.4 Å². The van der Waals surface area contributed by atoms with Gasteiger partial charge in [0.2, 0.25) is 0 Å². The topological polar surface area (TPSA) is 61.0 Å². The molecule has 35 heavy (non-hydrogen) atoms. The van der Waals surface area contributed by atoms with Crippen LogP contribution in [0.4, 0.5) is 0 Å². The predicted octanol–water partition coefficient (Wildman–Crippen LogP) is 5.23. The number of likely N-dealkylation sites (N-methyl/N-ethyl adjacent to an activating group) is 1. The van der Waals surface area contributed by atoms with Crippen LogP contribution in [0.25, 0.3) is 0 Å². The molecule has 2 aromatic carbocycles. The summed E-state index contributed by atoms with van der Waals surface area (Å²) >= 11 is 0. The number of hydrogen-bond acceptors (Lipinski definition) is 6. The quantitative estimate of drug-likeness (QED) is 0.299. The van der Waals surface area contributed by atoms with Crippen molar-refractivity contribution in [2.75, 3.05) is 54.6 Å². The smallest absolute Gasteiger partial charge is 0.161 e. The zero-order valence-corrected chi connectivity index (χ0v) is 22.8. The second-order valence-electron chi connectivity index (χ2n) is 9.31. The minimum atomic E-state index is 0.0247. The number of aryl methyl sites for hydroxylation is 1. The van der Waals surface area contributed by atoms with Crippen molar-refractivity contribution in [2.24, 2.45) is 5.92 Å². The van der Waals surface area contributed by atoms with Crippen molar-refractivity contribution in [3.63, 3.8) is 0 Å². The number of benzene rings is 2. The molecule has 2 aromatic rings. The van der Waals surface area contributed by atoms with E-state index < -0.39 is 0 Å². The van der Waals surface area contributed by atoms with Crippen LogP contribution in [0.2, 0.25) is 0 Å². The van der Waals surface area contributed by atoms with E-state index in [4.69, 9.17) is 18.9 Å². The second kappa shape index (κ2) is 14.8. The van der Waals surface area contributed by atoms with Crippen molar-refractivity contribution in [3.05, 3.63) is 47.5 Å². The van der Waals surface area contributed by atoms with Crippen molar-refractivity contribution >= 4 is 0 Å². The monoisotopic (exact) mass is 486 g/mol. The number of rotatable bonds is 17. The lowest BCUT2D eigenvalue weighted by atomic mass is 9.68. The molecule has 0 aliphatic carbocycles. The van der Waals surface area contributed by atoms with Gasteiger partial charge in [0.25, 0.3) is 0 Å². The lowest BCUT2D eigenvalue weighted by Gasteiger charge is -2.39. The van der Waals surface area contributed by atoms with Crippen LogP contribution in [-0.4, -0.2) is 54.6 Å².